The Hall–Kier alpha value is -0.0800. The predicted molar refractivity (Wildman–Crippen MR) is 46.6 cm³/mol. The maximum atomic E-state index is 9.83. The molecule has 0 unspecified atom stereocenters. The van der Waals surface area contributed by atoms with Gasteiger partial charge in [-0.2, -0.15) is 0 Å². The van der Waals surface area contributed by atoms with Crippen LogP contribution in [0.15, 0.2) is 0 Å². The molecule has 2 rings (SSSR count). The first-order chi connectivity index (χ1) is 5.41. The van der Waals surface area contributed by atoms with E-state index in [0.29, 0.717) is 5.92 Å². The summed E-state index contributed by atoms with van der Waals surface area (Å²) in [6, 6.07) is 0. The molecule has 70 valence electrons. The second-order valence-corrected chi connectivity index (χ2v) is 5.22. The van der Waals surface area contributed by atoms with Gasteiger partial charge in [0.05, 0.1) is 12.2 Å². The summed E-state index contributed by atoms with van der Waals surface area (Å²) < 4.78 is 0. The molecule has 0 aromatic heterocycles. The molecule has 2 bridgehead atoms. The first-order valence-corrected chi connectivity index (χ1v) is 4.77. The third-order valence-corrected chi connectivity index (χ3v) is 4.76. The van der Waals surface area contributed by atoms with E-state index in [0.717, 1.165) is 12.8 Å². The zero-order valence-corrected chi connectivity index (χ0v) is 8.04. The summed E-state index contributed by atoms with van der Waals surface area (Å²) in [4.78, 5) is 0. The van der Waals surface area contributed by atoms with Crippen LogP contribution in [-0.4, -0.2) is 22.4 Å². The van der Waals surface area contributed by atoms with Gasteiger partial charge in [0, 0.05) is 5.41 Å². The number of aliphatic hydroxyl groups excluding tert-OH is 2. The average molecular weight is 170 g/mol. The fourth-order valence-corrected chi connectivity index (χ4v) is 3.29. The lowest BCUT2D eigenvalue weighted by Crippen LogP contribution is -2.39. The SMILES string of the molecule is CC1(C)[C@H]2CC[C@]1(C)[C@H](O)[C@H]2O. The van der Waals surface area contributed by atoms with E-state index in [2.05, 4.69) is 20.8 Å². The molecule has 0 amide bonds. The predicted octanol–water partition coefficient (Wildman–Crippen LogP) is 1.16. The van der Waals surface area contributed by atoms with Gasteiger partial charge in [-0.05, 0) is 24.2 Å². The van der Waals surface area contributed by atoms with Crippen molar-refractivity contribution in [2.24, 2.45) is 16.7 Å². The monoisotopic (exact) mass is 170 g/mol. The van der Waals surface area contributed by atoms with Crippen molar-refractivity contribution < 1.29 is 10.2 Å². The summed E-state index contributed by atoms with van der Waals surface area (Å²) in [7, 11) is 0. The van der Waals surface area contributed by atoms with E-state index in [9.17, 15) is 10.2 Å². The van der Waals surface area contributed by atoms with E-state index < -0.39 is 12.2 Å². The molecule has 2 heteroatoms. The lowest BCUT2D eigenvalue weighted by atomic mass is 9.70. The van der Waals surface area contributed by atoms with Gasteiger partial charge in [-0.15, -0.1) is 0 Å². The number of aliphatic hydroxyl groups is 2. The van der Waals surface area contributed by atoms with Crippen molar-refractivity contribution in [3.63, 3.8) is 0 Å². The van der Waals surface area contributed by atoms with Gasteiger partial charge >= 0.3 is 0 Å². The van der Waals surface area contributed by atoms with Crippen molar-refractivity contribution >= 4 is 0 Å². The van der Waals surface area contributed by atoms with Gasteiger partial charge in [0.1, 0.15) is 0 Å². The molecule has 0 heterocycles. The fourth-order valence-electron chi connectivity index (χ4n) is 3.29. The molecule has 0 radical (unpaired) electrons. The van der Waals surface area contributed by atoms with Gasteiger partial charge in [0.25, 0.3) is 0 Å². The van der Waals surface area contributed by atoms with Gasteiger partial charge in [-0.1, -0.05) is 20.8 Å². The summed E-state index contributed by atoms with van der Waals surface area (Å²) in [5, 5.41) is 19.6. The van der Waals surface area contributed by atoms with Crippen molar-refractivity contribution in [2.75, 3.05) is 0 Å². The lowest BCUT2D eigenvalue weighted by molar-refractivity contribution is -0.0508. The maximum absolute atomic E-state index is 9.83. The minimum absolute atomic E-state index is 0.0584. The van der Waals surface area contributed by atoms with Gasteiger partial charge in [0.2, 0.25) is 0 Å². The summed E-state index contributed by atoms with van der Waals surface area (Å²) in [6.07, 6.45) is 1.13. The van der Waals surface area contributed by atoms with Crippen molar-refractivity contribution in [3.8, 4) is 0 Å². The Morgan fingerprint density at radius 2 is 1.75 bits per heavy atom. The van der Waals surface area contributed by atoms with E-state index in [1.54, 1.807) is 0 Å². The summed E-state index contributed by atoms with van der Waals surface area (Å²) in [6.45, 7) is 6.45. The quantitative estimate of drug-likeness (QED) is 0.573. The minimum Gasteiger partial charge on any atom is -0.390 e. The minimum atomic E-state index is -0.508. The van der Waals surface area contributed by atoms with Crippen LogP contribution in [0, 0.1) is 16.7 Å². The Morgan fingerprint density at radius 3 is 2.00 bits per heavy atom. The van der Waals surface area contributed by atoms with Crippen molar-refractivity contribution in [2.45, 2.75) is 45.8 Å². The second-order valence-electron chi connectivity index (χ2n) is 5.22. The molecule has 0 aromatic rings. The third kappa shape index (κ3) is 0.647. The van der Waals surface area contributed by atoms with Crippen LogP contribution in [0.25, 0.3) is 0 Å². The highest BCUT2D eigenvalue weighted by Gasteiger charge is 2.65. The molecule has 2 aliphatic carbocycles. The number of hydrogen-bond donors (Lipinski definition) is 2. The standard InChI is InChI=1S/C10H18O2/c1-9(2)6-4-5-10(9,3)8(12)7(6)11/h6-8,11-12H,4-5H2,1-3H3/t6-,7-,8+,10+/m0/s1. The summed E-state index contributed by atoms with van der Waals surface area (Å²) in [5.41, 5.74) is 0.0446. The largest absolute Gasteiger partial charge is 0.390 e. The van der Waals surface area contributed by atoms with Crippen molar-refractivity contribution in [3.05, 3.63) is 0 Å². The van der Waals surface area contributed by atoms with Crippen LogP contribution in [0.4, 0.5) is 0 Å². The third-order valence-electron chi connectivity index (χ3n) is 4.76. The first kappa shape index (κ1) is 8.52. The van der Waals surface area contributed by atoms with E-state index in [1.807, 2.05) is 0 Å². The molecule has 2 fully saturated rings. The van der Waals surface area contributed by atoms with Crippen molar-refractivity contribution in [1.82, 2.24) is 0 Å². The Kier molecular flexibility index (Phi) is 1.45. The first-order valence-electron chi connectivity index (χ1n) is 4.77. The van der Waals surface area contributed by atoms with Gasteiger partial charge in [0.15, 0.2) is 0 Å². The summed E-state index contributed by atoms with van der Waals surface area (Å²) >= 11 is 0. The molecule has 0 saturated heterocycles. The second kappa shape index (κ2) is 2.05. The number of fused-ring (bicyclic) bond motifs is 2. The normalized spacial score (nSPS) is 56.2. The Morgan fingerprint density at radius 1 is 1.17 bits per heavy atom. The van der Waals surface area contributed by atoms with Crippen LogP contribution < -0.4 is 0 Å². The molecule has 0 aromatic carbocycles. The molecule has 0 aliphatic heterocycles. The smallest absolute Gasteiger partial charge is 0.0860 e. The fraction of sp³-hybridized carbons (Fsp3) is 1.00. The Balaban J connectivity index is 2.44. The molecule has 2 saturated carbocycles. The zero-order valence-electron chi connectivity index (χ0n) is 8.04. The van der Waals surface area contributed by atoms with E-state index >= 15 is 0 Å². The highest BCUT2D eigenvalue weighted by Crippen LogP contribution is 2.65. The van der Waals surface area contributed by atoms with Crippen molar-refractivity contribution in [1.29, 1.82) is 0 Å². The van der Waals surface area contributed by atoms with Crippen LogP contribution in [0.3, 0.4) is 0 Å². The Bertz CT molecular complexity index is 212. The van der Waals surface area contributed by atoms with Gasteiger partial charge in [-0.25, -0.2) is 0 Å². The van der Waals surface area contributed by atoms with Crippen LogP contribution in [0.5, 0.6) is 0 Å². The molecular weight excluding hydrogens is 152 g/mol. The zero-order chi connectivity index (χ0) is 9.15. The Labute approximate surface area is 73.6 Å². The lowest BCUT2D eigenvalue weighted by Gasteiger charge is -2.36. The average Bonchev–Trinajstić information content (AvgIpc) is 2.26. The number of hydrogen-bond acceptors (Lipinski definition) is 2. The maximum Gasteiger partial charge on any atom is 0.0860 e. The molecule has 4 atom stereocenters. The van der Waals surface area contributed by atoms with Crippen LogP contribution in [0.2, 0.25) is 0 Å². The van der Waals surface area contributed by atoms with Crippen LogP contribution in [-0.2, 0) is 0 Å². The molecule has 2 nitrogen and oxygen atoms in total. The van der Waals surface area contributed by atoms with E-state index in [1.165, 1.54) is 0 Å². The highest BCUT2D eigenvalue weighted by molar-refractivity contribution is 5.14. The van der Waals surface area contributed by atoms with Crippen LogP contribution in [0.1, 0.15) is 33.6 Å². The van der Waals surface area contributed by atoms with Gasteiger partial charge in [-0.3, -0.25) is 0 Å². The molecule has 0 spiro atoms. The van der Waals surface area contributed by atoms with E-state index in [-0.39, 0.29) is 10.8 Å². The van der Waals surface area contributed by atoms with Gasteiger partial charge < -0.3 is 10.2 Å². The molecule has 2 N–H and O–H groups in total. The number of rotatable bonds is 0. The van der Waals surface area contributed by atoms with E-state index in [4.69, 9.17) is 0 Å². The summed E-state index contributed by atoms with van der Waals surface area (Å²) in [5.74, 6) is 0.303. The topological polar surface area (TPSA) is 40.5 Å². The van der Waals surface area contributed by atoms with Crippen LogP contribution >= 0.6 is 0 Å². The highest BCUT2D eigenvalue weighted by atomic mass is 16.3. The molecule has 12 heavy (non-hydrogen) atoms. The molecule has 2 aliphatic rings. The molecular formula is C10H18O2.